The first-order valence-electron chi connectivity index (χ1n) is 9.83. The maximum atomic E-state index is 11.9. The Kier molecular flexibility index (Phi) is 3.57. The van der Waals surface area contributed by atoms with Crippen LogP contribution in [0.15, 0.2) is 53.6 Å². The van der Waals surface area contributed by atoms with Crippen LogP contribution in [0.3, 0.4) is 0 Å². The van der Waals surface area contributed by atoms with Gasteiger partial charge in [-0.2, -0.15) is 9.61 Å². The van der Waals surface area contributed by atoms with Crippen LogP contribution in [-0.4, -0.2) is 40.8 Å². The van der Waals surface area contributed by atoms with Gasteiger partial charge in [-0.25, -0.2) is 9.78 Å². The Bertz CT molecular complexity index is 1530. The second kappa shape index (κ2) is 6.33. The quantitative estimate of drug-likeness (QED) is 0.401. The number of rotatable bonds is 2. The average Bonchev–Trinajstić information content (AvgIpc) is 3.34. The van der Waals surface area contributed by atoms with Crippen LogP contribution in [0.1, 0.15) is 5.69 Å². The molecular weight excluding hydrogens is 396 g/mol. The van der Waals surface area contributed by atoms with E-state index in [2.05, 4.69) is 21.1 Å². The van der Waals surface area contributed by atoms with Crippen molar-refractivity contribution < 1.29 is 5.11 Å². The number of aromatic nitrogens is 6. The fourth-order valence-corrected chi connectivity index (χ4v) is 4.12. The Labute approximate surface area is 175 Å². The maximum absolute atomic E-state index is 11.9. The van der Waals surface area contributed by atoms with E-state index in [-0.39, 0.29) is 11.6 Å². The number of nitrogens with one attached hydrogen (secondary N) is 1. The summed E-state index contributed by atoms with van der Waals surface area (Å²) >= 11 is 0. The van der Waals surface area contributed by atoms with Crippen molar-refractivity contribution in [3.8, 4) is 17.0 Å². The van der Waals surface area contributed by atoms with Gasteiger partial charge in [0.15, 0.2) is 5.65 Å². The number of fused-ring (bicyclic) bond motifs is 3. The Hall–Kier alpha value is -4.34. The van der Waals surface area contributed by atoms with Crippen molar-refractivity contribution in [2.45, 2.75) is 13.1 Å². The molecule has 4 aromatic heterocycles. The van der Waals surface area contributed by atoms with Gasteiger partial charge in [-0.05, 0) is 12.1 Å². The average molecular weight is 414 g/mol. The molecule has 5 heterocycles. The third-order valence-electron chi connectivity index (χ3n) is 5.72. The van der Waals surface area contributed by atoms with Crippen LogP contribution in [0.4, 0.5) is 11.6 Å². The van der Waals surface area contributed by atoms with Gasteiger partial charge < -0.3 is 15.7 Å². The zero-order chi connectivity index (χ0) is 21.1. The number of nitrogens with two attached hydrogens (primary N) is 1. The number of H-pyrrole nitrogens is 1. The molecule has 0 bridgehead atoms. The molecule has 1 aliphatic rings. The summed E-state index contributed by atoms with van der Waals surface area (Å²) in [5.41, 5.74) is 9.76. The van der Waals surface area contributed by atoms with Crippen LogP contribution in [0.25, 0.3) is 27.7 Å². The molecule has 0 spiro atoms. The first-order chi connectivity index (χ1) is 15.1. The summed E-state index contributed by atoms with van der Waals surface area (Å²) in [5.74, 6) is 0.983. The Balaban J connectivity index is 1.46. The van der Waals surface area contributed by atoms with E-state index >= 15 is 0 Å². The number of imidazole rings is 1. The van der Waals surface area contributed by atoms with Gasteiger partial charge >= 0.3 is 5.69 Å². The molecule has 31 heavy (non-hydrogen) atoms. The second-order valence-electron chi connectivity index (χ2n) is 7.55. The molecule has 0 amide bonds. The fourth-order valence-electron chi connectivity index (χ4n) is 4.12. The highest BCUT2D eigenvalue weighted by atomic mass is 16.3. The molecule has 154 valence electrons. The van der Waals surface area contributed by atoms with E-state index in [1.54, 1.807) is 27.5 Å². The van der Waals surface area contributed by atoms with Gasteiger partial charge in [-0.1, -0.05) is 18.2 Å². The molecule has 1 aliphatic heterocycles. The molecule has 0 saturated heterocycles. The third kappa shape index (κ3) is 2.65. The summed E-state index contributed by atoms with van der Waals surface area (Å²) in [6.45, 7) is 1.35. The number of nitrogens with zero attached hydrogens (tertiary/aromatic N) is 6. The minimum absolute atomic E-state index is 0.115. The van der Waals surface area contributed by atoms with E-state index in [9.17, 15) is 9.90 Å². The number of aromatic hydroxyl groups is 1. The van der Waals surface area contributed by atoms with E-state index in [0.29, 0.717) is 42.6 Å². The molecule has 0 unspecified atom stereocenters. The fraction of sp³-hybridized carbons (Fsp3) is 0.143. The number of benzene rings is 1. The van der Waals surface area contributed by atoms with Crippen molar-refractivity contribution in [1.29, 1.82) is 0 Å². The molecule has 0 aliphatic carbocycles. The number of anilines is 2. The topological polar surface area (TPSA) is 130 Å². The SMILES string of the molecule is Nc1cc(N2CCn3c(c(O)[nH]c3=O)C2)nc2c(-c3cnc4ccccc4c3)cnn12. The highest BCUT2D eigenvalue weighted by Gasteiger charge is 2.24. The van der Waals surface area contributed by atoms with Crippen LogP contribution in [0.2, 0.25) is 0 Å². The lowest BCUT2D eigenvalue weighted by Crippen LogP contribution is -2.37. The second-order valence-corrected chi connectivity index (χ2v) is 7.55. The highest BCUT2D eigenvalue weighted by Crippen LogP contribution is 2.30. The lowest BCUT2D eigenvalue weighted by Gasteiger charge is -2.28. The van der Waals surface area contributed by atoms with Crippen molar-refractivity contribution in [3.63, 3.8) is 0 Å². The Morgan fingerprint density at radius 3 is 2.90 bits per heavy atom. The molecule has 6 rings (SSSR count). The minimum Gasteiger partial charge on any atom is -0.493 e. The van der Waals surface area contributed by atoms with Gasteiger partial charge in [0.1, 0.15) is 17.3 Å². The zero-order valence-corrected chi connectivity index (χ0v) is 16.4. The molecule has 0 saturated carbocycles. The number of nitrogen functional groups attached to an aromatic ring is 1. The van der Waals surface area contributed by atoms with Gasteiger partial charge in [0.2, 0.25) is 5.88 Å². The van der Waals surface area contributed by atoms with Gasteiger partial charge in [-0.3, -0.25) is 14.5 Å². The van der Waals surface area contributed by atoms with Gasteiger partial charge in [0.25, 0.3) is 0 Å². The highest BCUT2D eigenvalue weighted by molar-refractivity contribution is 5.87. The van der Waals surface area contributed by atoms with Crippen molar-refractivity contribution in [2.24, 2.45) is 0 Å². The summed E-state index contributed by atoms with van der Waals surface area (Å²) in [6.07, 6.45) is 3.54. The minimum atomic E-state index is -0.308. The zero-order valence-electron chi connectivity index (χ0n) is 16.4. The van der Waals surface area contributed by atoms with Gasteiger partial charge in [0.05, 0.1) is 18.3 Å². The Morgan fingerprint density at radius 2 is 2.00 bits per heavy atom. The molecule has 5 aromatic rings. The van der Waals surface area contributed by atoms with Crippen molar-refractivity contribution >= 4 is 28.2 Å². The smallest absolute Gasteiger partial charge is 0.328 e. The third-order valence-corrected chi connectivity index (χ3v) is 5.72. The number of aromatic amines is 1. The lowest BCUT2D eigenvalue weighted by molar-refractivity contribution is 0.439. The number of hydrogen-bond acceptors (Lipinski definition) is 7. The number of pyridine rings is 1. The van der Waals surface area contributed by atoms with Crippen LogP contribution in [0.5, 0.6) is 5.88 Å². The van der Waals surface area contributed by atoms with Crippen LogP contribution in [-0.2, 0) is 13.1 Å². The van der Waals surface area contributed by atoms with Crippen molar-refractivity contribution in [1.82, 2.24) is 29.1 Å². The van der Waals surface area contributed by atoms with Gasteiger partial charge in [0, 0.05) is 41.9 Å². The molecular formula is C21H18N8O2. The normalized spacial score (nSPS) is 13.7. The molecule has 1 aromatic carbocycles. The van der Waals surface area contributed by atoms with E-state index in [4.69, 9.17) is 10.7 Å². The monoisotopic (exact) mass is 414 g/mol. The van der Waals surface area contributed by atoms with Crippen LogP contribution >= 0.6 is 0 Å². The standard InChI is InChI=1S/C21H18N8O2/c22-17-8-18(27-5-6-28-16(11-27)20(30)26-21(28)31)25-19-14(10-24-29(17)19)13-7-12-3-1-2-4-15(12)23-9-13/h1-4,7-10,30H,5-6,11,22H2,(H,26,31). The largest absolute Gasteiger partial charge is 0.493 e. The number of para-hydroxylation sites is 1. The lowest BCUT2D eigenvalue weighted by atomic mass is 10.1. The predicted molar refractivity (Wildman–Crippen MR) is 116 cm³/mol. The van der Waals surface area contributed by atoms with Gasteiger partial charge in [-0.15, -0.1) is 0 Å². The summed E-state index contributed by atoms with van der Waals surface area (Å²) in [5, 5.41) is 15.5. The Morgan fingerprint density at radius 1 is 1.13 bits per heavy atom. The summed E-state index contributed by atoms with van der Waals surface area (Å²) in [4.78, 5) is 25.7. The molecule has 4 N–H and O–H groups in total. The first-order valence-corrected chi connectivity index (χ1v) is 9.83. The molecule has 0 radical (unpaired) electrons. The molecule has 10 nitrogen and oxygen atoms in total. The van der Waals surface area contributed by atoms with Crippen molar-refractivity contribution in [3.05, 3.63) is 65.0 Å². The maximum Gasteiger partial charge on any atom is 0.328 e. The van der Waals surface area contributed by atoms with E-state index in [0.717, 1.165) is 22.0 Å². The van der Waals surface area contributed by atoms with Crippen molar-refractivity contribution in [2.75, 3.05) is 17.2 Å². The molecule has 0 fully saturated rings. The van der Waals surface area contributed by atoms with Crippen LogP contribution in [0, 0.1) is 0 Å². The summed E-state index contributed by atoms with van der Waals surface area (Å²) < 4.78 is 3.14. The summed E-state index contributed by atoms with van der Waals surface area (Å²) in [6, 6.07) is 11.7. The summed E-state index contributed by atoms with van der Waals surface area (Å²) in [7, 11) is 0. The predicted octanol–water partition coefficient (Wildman–Crippen LogP) is 1.74. The van der Waals surface area contributed by atoms with E-state index in [1.807, 2.05) is 29.2 Å². The van der Waals surface area contributed by atoms with Crippen LogP contribution < -0.4 is 16.3 Å². The van der Waals surface area contributed by atoms with E-state index in [1.165, 1.54) is 0 Å². The molecule has 0 atom stereocenters. The molecule has 10 heteroatoms. The number of hydrogen-bond donors (Lipinski definition) is 3. The van der Waals surface area contributed by atoms with E-state index < -0.39 is 0 Å². The first kappa shape index (κ1) is 17.5.